The molecule has 0 atom stereocenters. The lowest BCUT2D eigenvalue weighted by atomic mass is 9.96. The fraction of sp³-hybridized carbons (Fsp3) is 0.941. The number of nitrogens with zero attached hydrogens (tertiary/aromatic N) is 2. The van der Waals surface area contributed by atoms with E-state index in [-0.39, 0.29) is 5.91 Å². The molecular formula is C17H33N3O. The van der Waals surface area contributed by atoms with Gasteiger partial charge in [0, 0.05) is 13.0 Å². The summed E-state index contributed by atoms with van der Waals surface area (Å²) in [6.45, 7) is 10.4. The maximum Gasteiger partial charge on any atom is 0.219 e. The van der Waals surface area contributed by atoms with Gasteiger partial charge in [0.2, 0.25) is 5.91 Å². The lowest BCUT2D eigenvalue weighted by Gasteiger charge is -2.33. The highest BCUT2D eigenvalue weighted by molar-refractivity contribution is 5.75. The molecule has 4 nitrogen and oxygen atoms in total. The lowest BCUT2D eigenvalue weighted by Crippen LogP contribution is -2.40. The van der Waals surface area contributed by atoms with E-state index >= 15 is 0 Å². The summed E-state index contributed by atoms with van der Waals surface area (Å²) in [5, 5.41) is 3.04. The van der Waals surface area contributed by atoms with Gasteiger partial charge in [-0.2, -0.15) is 0 Å². The molecule has 2 fully saturated rings. The molecule has 0 radical (unpaired) electrons. The summed E-state index contributed by atoms with van der Waals surface area (Å²) in [6, 6.07) is 0. The van der Waals surface area contributed by atoms with Crippen LogP contribution >= 0.6 is 0 Å². The molecule has 2 aliphatic heterocycles. The molecular weight excluding hydrogens is 262 g/mol. The van der Waals surface area contributed by atoms with Crippen molar-refractivity contribution in [1.29, 1.82) is 0 Å². The van der Waals surface area contributed by atoms with Gasteiger partial charge in [0.15, 0.2) is 0 Å². The predicted octanol–water partition coefficient (Wildman–Crippen LogP) is 2.10. The van der Waals surface area contributed by atoms with Crippen LogP contribution in [0.5, 0.6) is 0 Å². The van der Waals surface area contributed by atoms with E-state index in [4.69, 9.17) is 0 Å². The van der Waals surface area contributed by atoms with Gasteiger partial charge in [-0.05, 0) is 77.3 Å². The van der Waals surface area contributed by atoms with Crippen LogP contribution in [0.3, 0.4) is 0 Å². The van der Waals surface area contributed by atoms with Gasteiger partial charge in [-0.1, -0.05) is 13.3 Å². The Morgan fingerprint density at radius 1 is 1.00 bits per heavy atom. The number of amides is 1. The quantitative estimate of drug-likeness (QED) is 0.781. The first-order chi connectivity index (χ1) is 10.3. The summed E-state index contributed by atoms with van der Waals surface area (Å²) < 4.78 is 0. The van der Waals surface area contributed by atoms with Crippen LogP contribution in [0.25, 0.3) is 0 Å². The Balaban J connectivity index is 1.51. The highest BCUT2D eigenvalue weighted by atomic mass is 16.1. The zero-order valence-electron chi connectivity index (χ0n) is 13.8. The van der Waals surface area contributed by atoms with Crippen molar-refractivity contribution in [3.05, 3.63) is 0 Å². The van der Waals surface area contributed by atoms with Gasteiger partial charge in [-0.15, -0.1) is 0 Å². The minimum atomic E-state index is 0.193. The monoisotopic (exact) mass is 295 g/mol. The van der Waals surface area contributed by atoms with Crippen molar-refractivity contribution in [2.45, 2.75) is 51.9 Å². The first-order valence-corrected chi connectivity index (χ1v) is 8.99. The number of carbonyl (C=O) groups excluding carboxylic acids is 1. The van der Waals surface area contributed by atoms with Crippen LogP contribution in [0.4, 0.5) is 0 Å². The third-order valence-corrected chi connectivity index (χ3v) is 5.01. The van der Waals surface area contributed by atoms with Gasteiger partial charge in [0.05, 0.1) is 0 Å². The Kier molecular flexibility index (Phi) is 7.51. The van der Waals surface area contributed by atoms with E-state index < -0.39 is 0 Å². The van der Waals surface area contributed by atoms with E-state index in [1.54, 1.807) is 0 Å². The Bertz CT molecular complexity index is 294. The minimum absolute atomic E-state index is 0.193. The van der Waals surface area contributed by atoms with Crippen molar-refractivity contribution in [2.75, 3.05) is 45.8 Å². The molecule has 0 saturated carbocycles. The molecule has 0 aromatic carbocycles. The second-order valence-corrected chi connectivity index (χ2v) is 6.70. The topological polar surface area (TPSA) is 35.6 Å². The van der Waals surface area contributed by atoms with Crippen molar-refractivity contribution < 1.29 is 4.79 Å². The van der Waals surface area contributed by atoms with E-state index in [0.29, 0.717) is 12.3 Å². The second-order valence-electron chi connectivity index (χ2n) is 6.70. The van der Waals surface area contributed by atoms with Crippen LogP contribution in [0, 0.1) is 5.92 Å². The van der Waals surface area contributed by atoms with Gasteiger partial charge >= 0.3 is 0 Å². The fourth-order valence-electron chi connectivity index (χ4n) is 3.50. The molecule has 0 aromatic heterocycles. The summed E-state index contributed by atoms with van der Waals surface area (Å²) in [5.41, 5.74) is 0. The zero-order chi connectivity index (χ0) is 14.9. The summed E-state index contributed by atoms with van der Waals surface area (Å²) in [4.78, 5) is 16.5. The molecule has 1 amide bonds. The maximum absolute atomic E-state index is 11.3. The first kappa shape index (κ1) is 16.8. The number of hydrogen-bond donors (Lipinski definition) is 1. The lowest BCUT2D eigenvalue weighted by molar-refractivity contribution is -0.121. The number of hydrogen-bond acceptors (Lipinski definition) is 3. The van der Waals surface area contributed by atoms with Gasteiger partial charge in [-0.3, -0.25) is 4.79 Å². The normalized spacial score (nSPS) is 22.3. The van der Waals surface area contributed by atoms with E-state index in [9.17, 15) is 4.79 Å². The van der Waals surface area contributed by atoms with Gasteiger partial charge in [0.25, 0.3) is 0 Å². The molecule has 0 aliphatic carbocycles. The van der Waals surface area contributed by atoms with Crippen LogP contribution < -0.4 is 5.32 Å². The molecule has 21 heavy (non-hydrogen) atoms. The number of nitrogens with one attached hydrogen (secondary N) is 1. The Labute approximate surface area is 130 Å². The van der Waals surface area contributed by atoms with Crippen LogP contribution in [0.1, 0.15) is 51.9 Å². The first-order valence-electron chi connectivity index (χ1n) is 8.99. The van der Waals surface area contributed by atoms with Crippen LogP contribution in [0.2, 0.25) is 0 Å². The number of rotatable bonds is 7. The molecule has 4 heteroatoms. The molecule has 2 heterocycles. The number of carbonyl (C=O) groups is 1. The van der Waals surface area contributed by atoms with Gasteiger partial charge in [0.1, 0.15) is 0 Å². The van der Waals surface area contributed by atoms with E-state index in [1.165, 1.54) is 77.8 Å². The highest BCUT2D eigenvalue weighted by Gasteiger charge is 2.19. The van der Waals surface area contributed by atoms with Gasteiger partial charge in [-0.25, -0.2) is 0 Å². The zero-order valence-corrected chi connectivity index (χ0v) is 13.8. The van der Waals surface area contributed by atoms with E-state index in [0.717, 1.165) is 6.54 Å². The van der Waals surface area contributed by atoms with Crippen molar-refractivity contribution in [2.24, 2.45) is 5.92 Å². The third kappa shape index (κ3) is 6.35. The smallest absolute Gasteiger partial charge is 0.219 e. The summed E-state index contributed by atoms with van der Waals surface area (Å²) in [7, 11) is 0. The largest absolute Gasteiger partial charge is 0.356 e. The molecule has 1 N–H and O–H groups in total. The molecule has 0 aromatic rings. The van der Waals surface area contributed by atoms with E-state index in [1.807, 2.05) is 6.92 Å². The van der Waals surface area contributed by atoms with Crippen molar-refractivity contribution in [1.82, 2.24) is 15.1 Å². The van der Waals surface area contributed by atoms with Crippen LogP contribution in [-0.2, 0) is 4.79 Å². The van der Waals surface area contributed by atoms with Crippen molar-refractivity contribution in [3.8, 4) is 0 Å². The molecule has 0 unspecified atom stereocenters. The van der Waals surface area contributed by atoms with Crippen LogP contribution in [-0.4, -0.2) is 61.5 Å². The summed E-state index contributed by atoms with van der Waals surface area (Å²) in [6.07, 6.45) is 8.64. The highest BCUT2D eigenvalue weighted by Crippen LogP contribution is 2.17. The number of likely N-dealkylation sites (tertiary alicyclic amines) is 2. The molecule has 2 aliphatic rings. The Morgan fingerprint density at radius 3 is 2.24 bits per heavy atom. The summed E-state index contributed by atoms with van der Waals surface area (Å²) in [5.74, 6) is 0.887. The van der Waals surface area contributed by atoms with Crippen molar-refractivity contribution in [3.63, 3.8) is 0 Å². The molecule has 0 spiro atoms. The molecule has 2 rings (SSSR count). The minimum Gasteiger partial charge on any atom is -0.356 e. The van der Waals surface area contributed by atoms with E-state index in [2.05, 4.69) is 15.1 Å². The SMILES string of the molecule is CCC(=O)NCC1CCN(CCCN2CCCCC2)CC1. The average molecular weight is 295 g/mol. The standard InChI is InChI=1S/C17H33N3O/c1-2-17(21)18-15-16-7-13-20(14-8-16)12-6-11-19-9-4-3-5-10-19/h16H,2-15H2,1H3,(H,18,21). The second kappa shape index (κ2) is 9.42. The third-order valence-electron chi connectivity index (χ3n) is 5.01. The Morgan fingerprint density at radius 2 is 1.62 bits per heavy atom. The molecule has 0 bridgehead atoms. The van der Waals surface area contributed by atoms with Crippen LogP contribution in [0.15, 0.2) is 0 Å². The van der Waals surface area contributed by atoms with Crippen molar-refractivity contribution >= 4 is 5.91 Å². The summed E-state index contributed by atoms with van der Waals surface area (Å²) >= 11 is 0. The Hall–Kier alpha value is -0.610. The molecule has 122 valence electrons. The van der Waals surface area contributed by atoms with Gasteiger partial charge < -0.3 is 15.1 Å². The maximum atomic E-state index is 11.3. The average Bonchev–Trinajstić information content (AvgIpc) is 2.55. The number of piperidine rings is 2. The molecule has 2 saturated heterocycles. The predicted molar refractivity (Wildman–Crippen MR) is 87.4 cm³/mol. The fourth-order valence-corrected chi connectivity index (χ4v) is 3.50.